The summed E-state index contributed by atoms with van der Waals surface area (Å²) in [6.07, 6.45) is 2.15. The topological polar surface area (TPSA) is 38.8 Å². The van der Waals surface area contributed by atoms with Gasteiger partial charge in [0.15, 0.2) is 11.5 Å². The molecule has 0 radical (unpaired) electrons. The van der Waals surface area contributed by atoms with Crippen LogP contribution in [0.1, 0.15) is 17.2 Å². The summed E-state index contributed by atoms with van der Waals surface area (Å²) in [6, 6.07) is 3.68. The van der Waals surface area contributed by atoms with Gasteiger partial charge in [-0.15, -0.1) is 6.58 Å². The van der Waals surface area contributed by atoms with Gasteiger partial charge in [0.25, 0.3) is 0 Å². The molecule has 0 saturated carbocycles. The van der Waals surface area contributed by atoms with Crippen LogP contribution in [0.15, 0.2) is 24.8 Å². The Kier molecular flexibility index (Phi) is 3.28. The number of nitrogens with zero attached hydrogens (tertiary/aromatic N) is 1. The first kappa shape index (κ1) is 12.5. The van der Waals surface area contributed by atoms with Gasteiger partial charge in [-0.3, -0.25) is 4.79 Å². The van der Waals surface area contributed by atoms with E-state index in [-0.39, 0.29) is 11.9 Å². The number of hydrogen-bond donors (Lipinski definition) is 0. The minimum absolute atomic E-state index is 0.0830. The van der Waals surface area contributed by atoms with Crippen molar-refractivity contribution < 1.29 is 14.3 Å². The summed E-state index contributed by atoms with van der Waals surface area (Å²) >= 11 is 0. The summed E-state index contributed by atoms with van der Waals surface area (Å²) in [5.41, 5.74) is 2.02. The Morgan fingerprint density at radius 2 is 1.94 bits per heavy atom. The number of methoxy groups -OCH3 is 2. The monoisotopic (exact) mass is 247 g/mol. The highest BCUT2D eigenvalue weighted by atomic mass is 16.5. The number of ether oxygens (including phenoxy) is 2. The summed E-state index contributed by atoms with van der Waals surface area (Å²) in [7, 11) is 4.98. The van der Waals surface area contributed by atoms with E-state index in [9.17, 15) is 4.79 Å². The molecule has 1 unspecified atom stereocenters. The lowest BCUT2D eigenvalue weighted by Crippen LogP contribution is -2.36. The van der Waals surface area contributed by atoms with Crippen LogP contribution in [-0.2, 0) is 11.2 Å². The SMILES string of the molecule is C=CC1c2cc(OC)c(OC)cc2CC(=O)N1C. The second-order valence-corrected chi connectivity index (χ2v) is 4.27. The lowest BCUT2D eigenvalue weighted by atomic mass is 9.92. The van der Waals surface area contributed by atoms with Crippen LogP contribution in [0.3, 0.4) is 0 Å². The minimum atomic E-state index is -0.110. The number of likely N-dealkylation sites (N-methyl/N-ethyl adjacent to an activating group) is 1. The minimum Gasteiger partial charge on any atom is -0.493 e. The van der Waals surface area contributed by atoms with Crippen molar-refractivity contribution in [3.63, 3.8) is 0 Å². The number of fused-ring (bicyclic) bond motifs is 1. The predicted octanol–water partition coefficient (Wildman–Crippen LogP) is 1.95. The molecule has 0 saturated heterocycles. The molecule has 4 heteroatoms. The Bertz CT molecular complexity index is 496. The predicted molar refractivity (Wildman–Crippen MR) is 69.0 cm³/mol. The normalized spacial score (nSPS) is 18.3. The van der Waals surface area contributed by atoms with Crippen molar-refractivity contribution in [1.29, 1.82) is 0 Å². The quantitative estimate of drug-likeness (QED) is 0.766. The van der Waals surface area contributed by atoms with E-state index < -0.39 is 0 Å². The number of benzene rings is 1. The highest BCUT2D eigenvalue weighted by Gasteiger charge is 2.29. The Morgan fingerprint density at radius 1 is 1.33 bits per heavy atom. The Hall–Kier alpha value is -1.97. The molecular formula is C14H17NO3. The number of hydrogen-bond acceptors (Lipinski definition) is 3. The molecule has 0 spiro atoms. The molecule has 1 amide bonds. The van der Waals surface area contributed by atoms with E-state index in [0.29, 0.717) is 17.9 Å². The highest BCUT2D eigenvalue weighted by molar-refractivity contribution is 5.82. The maximum Gasteiger partial charge on any atom is 0.227 e. The molecule has 0 bridgehead atoms. The average molecular weight is 247 g/mol. The van der Waals surface area contributed by atoms with Gasteiger partial charge >= 0.3 is 0 Å². The first-order valence-corrected chi connectivity index (χ1v) is 5.75. The molecule has 1 aliphatic heterocycles. The lowest BCUT2D eigenvalue weighted by molar-refractivity contribution is -0.131. The summed E-state index contributed by atoms with van der Waals surface area (Å²) < 4.78 is 10.6. The van der Waals surface area contributed by atoms with E-state index in [1.807, 2.05) is 12.1 Å². The number of carbonyl (C=O) groups is 1. The molecule has 1 aromatic carbocycles. The maximum atomic E-state index is 11.9. The zero-order chi connectivity index (χ0) is 13.3. The van der Waals surface area contributed by atoms with E-state index in [0.717, 1.165) is 11.1 Å². The Balaban J connectivity index is 2.58. The van der Waals surface area contributed by atoms with Gasteiger partial charge in [-0.05, 0) is 23.3 Å². The van der Waals surface area contributed by atoms with Gasteiger partial charge in [0.1, 0.15) is 0 Å². The third-order valence-electron chi connectivity index (χ3n) is 3.34. The van der Waals surface area contributed by atoms with Crippen LogP contribution in [0, 0.1) is 0 Å². The first-order valence-electron chi connectivity index (χ1n) is 5.75. The van der Waals surface area contributed by atoms with Crippen molar-refractivity contribution in [2.24, 2.45) is 0 Å². The molecule has 0 aromatic heterocycles. The molecule has 1 heterocycles. The van der Waals surface area contributed by atoms with Crippen molar-refractivity contribution in [2.75, 3.05) is 21.3 Å². The van der Waals surface area contributed by atoms with E-state index in [1.165, 1.54) is 0 Å². The van der Waals surface area contributed by atoms with Crippen LogP contribution in [0.25, 0.3) is 0 Å². The molecule has 0 aliphatic carbocycles. The van der Waals surface area contributed by atoms with Gasteiger partial charge < -0.3 is 14.4 Å². The third kappa shape index (κ3) is 1.83. The number of rotatable bonds is 3. The average Bonchev–Trinajstić information content (AvgIpc) is 2.39. The van der Waals surface area contributed by atoms with Crippen LogP contribution in [0.5, 0.6) is 11.5 Å². The summed E-state index contributed by atoms with van der Waals surface area (Å²) in [4.78, 5) is 13.6. The first-order chi connectivity index (χ1) is 8.62. The molecule has 18 heavy (non-hydrogen) atoms. The van der Waals surface area contributed by atoms with E-state index in [2.05, 4.69) is 6.58 Å². The van der Waals surface area contributed by atoms with Crippen molar-refractivity contribution in [3.05, 3.63) is 35.9 Å². The Labute approximate surface area is 107 Å². The van der Waals surface area contributed by atoms with Crippen LogP contribution in [0.2, 0.25) is 0 Å². The maximum absolute atomic E-state index is 11.9. The second-order valence-electron chi connectivity index (χ2n) is 4.27. The zero-order valence-corrected chi connectivity index (χ0v) is 10.9. The second kappa shape index (κ2) is 4.72. The molecule has 0 fully saturated rings. The largest absolute Gasteiger partial charge is 0.493 e. The number of amides is 1. The summed E-state index contributed by atoms with van der Waals surface area (Å²) in [6.45, 7) is 3.80. The molecule has 4 nitrogen and oxygen atoms in total. The van der Waals surface area contributed by atoms with Crippen LogP contribution in [-0.4, -0.2) is 32.1 Å². The molecule has 1 atom stereocenters. The fourth-order valence-corrected chi connectivity index (χ4v) is 2.30. The molecule has 1 aliphatic rings. The van der Waals surface area contributed by atoms with E-state index >= 15 is 0 Å². The van der Waals surface area contributed by atoms with Crippen LogP contribution in [0.4, 0.5) is 0 Å². The third-order valence-corrected chi connectivity index (χ3v) is 3.34. The van der Waals surface area contributed by atoms with Crippen LogP contribution < -0.4 is 9.47 Å². The van der Waals surface area contributed by atoms with Gasteiger partial charge in [-0.2, -0.15) is 0 Å². The fourth-order valence-electron chi connectivity index (χ4n) is 2.30. The smallest absolute Gasteiger partial charge is 0.227 e. The molecule has 2 rings (SSSR count). The lowest BCUT2D eigenvalue weighted by Gasteiger charge is -2.33. The number of carbonyl (C=O) groups excluding carboxylic acids is 1. The van der Waals surface area contributed by atoms with E-state index in [4.69, 9.17) is 9.47 Å². The van der Waals surface area contributed by atoms with Gasteiger partial charge in [-0.1, -0.05) is 6.08 Å². The zero-order valence-electron chi connectivity index (χ0n) is 10.9. The van der Waals surface area contributed by atoms with Gasteiger partial charge in [0.2, 0.25) is 5.91 Å². The molecule has 1 aromatic rings. The van der Waals surface area contributed by atoms with Crippen molar-refractivity contribution in [3.8, 4) is 11.5 Å². The van der Waals surface area contributed by atoms with Crippen molar-refractivity contribution in [2.45, 2.75) is 12.5 Å². The Morgan fingerprint density at radius 3 is 2.50 bits per heavy atom. The molecule has 96 valence electrons. The molecule has 0 N–H and O–H groups in total. The summed E-state index contributed by atoms with van der Waals surface area (Å²) in [5.74, 6) is 1.40. The van der Waals surface area contributed by atoms with Gasteiger partial charge in [-0.25, -0.2) is 0 Å². The molecular weight excluding hydrogens is 230 g/mol. The fraction of sp³-hybridized carbons (Fsp3) is 0.357. The standard InChI is InChI=1S/C14H17NO3/c1-5-11-10-8-13(18-4)12(17-3)6-9(10)7-14(16)15(11)2/h5-6,8,11H,1,7H2,2-4H3. The van der Waals surface area contributed by atoms with Gasteiger partial charge in [0, 0.05) is 7.05 Å². The van der Waals surface area contributed by atoms with E-state index in [1.54, 1.807) is 32.2 Å². The van der Waals surface area contributed by atoms with Gasteiger partial charge in [0.05, 0.1) is 26.7 Å². The summed E-state index contributed by atoms with van der Waals surface area (Å²) in [5, 5.41) is 0. The van der Waals surface area contributed by atoms with Crippen LogP contribution >= 0.6 is 0 Å². The highest BCUT2D eigenvalue weighted by Crippen LogP contribution is 2.38. The van der Waals surface area contributed by atoms with Crippen molar-refractivity contribution >= 4 is 5.91 Å². The van der Waals surface area contributed by atoms with Crippen molar-refractivity contribution in [1.82, 2.24) is 4.90 Å².